The smallest absolute Gasteiger partial charge is 0.321 e. The van der Waals surface area contributed by atoms with E-state index in [1.165, 1.54) is 12.8 Å². The van der Waals surface area contributed by atoms with Crippen LogP contribution in [-0.2, 0) is 0 Å². The van der Waals surface area contributed by atoms with Crippen LogP contribution in [-0.4, -0.2) is 29.0 Å². The van der Waals surface area contributed by atoms with Gasteiger partial charge in [-0.3, -0.25) is 4.98 Å². The third-order valence-electron chi connectivity index (χ3n) is 2.82. The normalized spacial score (nSPS) is 16.6. The number of carbonyl (C=O) groups is 1. The first-order valence-corrected chi connectivity index (χ1v) is 5.82. The van der Waals surface area contributed by atoms with E-state index >= 15 is 0 Å². The number of nitrogens with zero attached hydrogens (tertiary/aromatic N) is 2. The number of nitrogens with one attached hydrogen (secondary N) is 1. The molecule has 2 amide bonds. The summed E-state index contributed by atoms with van der Waals surface area (Å²) in [6, 6.07) is 3.61. The van der Waals surface area contributed by atoms with Gasteiger partial charge in [0.05, 0.1) is 0 Å². The minimum atomic E-state index is 0.00750. The Labute approximate surface area is 95.7 Å². The van der Waals surface area contributed by atoms with E-state index in [0.29, 0.717) is 0 Å². The molecule has 1 N–H and O–H groups in total. The van der Waals surface area contributed by atoms with Crippen molar-refractivity contribution in [2.45, 2.75) is 25.7 Å². The summed E-state index contributed by atoms with van der Waals surface area (Å²) in [6.07, 6.45) is 8.06. The molecule has 1 saturated heterocycles. The third kappa shape index (κ3) is 2.95. The Morgan fingerprint density at radius 3 is 2.38 bits per heavy atom. The van der Waals surface area contributed by atoms with Crippen molar-refractivity contribution in [2.75, 3.05) is 18.4 Å². The summed E-state index contributed by atoms with van der Waals surface area (Å²) < 4.78 is 0. The topological polar surface area (TPSA) is 45.2 Å². The molecule has 0 saturated carbocycles. The van der Waals surface area contributed by atoms with Crippen LogP contribution in [0.2, 0.25) is 0 Å². The lowest BCUT2D eigenvalue weighted by Gasteiger charge is -2.20. The van der Waals surface area contributed by atoms with E-state index < -0.39 is 0 Å². The zero-order valence-electron chi connectivity index (χ0n) is 9.35. The van der Waals surface area contributed by atoms with Crippen molar-refractivity contribution >= 4 is 11.7 Å². The van der Waals surface area contributed by atoms with Crippen LogP contribution in [0.4, 0.5) is 10.5 Å². The first-order chi connectivity index (χ1) is 7.86. The Kier molecular flexibility index (Phi) is 3.75. The number of hydrogen-bond donors (Lipinski definition) is 1. The van der Waals surface area contributed by atoms with Crippen molar-refractivity contribution in [3.05, 3.63) is 24.5 Å². The van der Waals surface area contributed by atoms with Crippen LogP contribution in [0, 0.1) is 0 Å². The molecule has 4 heteroatoms. The number of urea groups is 1. The molecule has 0 aromatic carbocycles. The summed E-state index contributed by atoms with van der Waals surface area (Å²) in [5.74, 6) is 0. The predicted octanol–water partition coefficient (Wildman–Crippen LogP) is 2.49. The van der Waals surface area contributed by atoms with E-state index in [2.05, 4.69) is 10.3 Å². The number of anilines is 1. The molecule has 16 heavy (non-hydrogen) atoms. The van der Waals surface area contributed by atoms with Gasteiger partial charge < -0.3 is 10.2 Å². The molecule has 0 unspecified atom stereocenters. The monoisotopic (exact) mass is 219 g/mol. The number of likely N-dealkylation sites (tertiary alicyclic amines) is 1. The largest absolute Gasteiger partial charge is 0.325 e. The average molecular weight is 219 g/mol. The summed E-state index contributed by atoms with van der Waals surface area (Å²) in [4.78, 5) is 17.7. The summed E-state index contributed by atoms with van der Waals surface area (Å²) in [5, 5.41) is 2.89. The second-order valence-electron chi connectivity index (χ2n) is 4.07. The molecule has 2 heterocycles. The number of rotatable bonds is 1. The number of pyridine rings is 1. The summed E-state index contributed by atoms with van der Waals surface area (Å²) >= 11 is 0. The minimum Gasteiger partial charge on any atom is -0.325 e. The van der Waals surface area contributed by atoms with Crippen LogP contribution in [0.25, 0.3) is 0 Å². The maximum atomic E-state index is 11.9. The lowest BCUT2D eigenvalue weighted by molar-refractivity contribution is 0.214. The number of aromatic nitrogens is 1. The Hall–Kier alpha value is -1.58. The second kappa shape index (κ2) is 5.49. The summed E-state index contributed by atoms with van der Waals surface area (Å²) in [7, 11) is 0. The molecule has 4 nitrogen and oxygen atoms in total. The van der Waals surface area contributed by atoms with Gasteiger partial charge in [-0.25, -0.2) is 4.79 Å². The van der Waals surface area contributed by atoms with Gasteiger partial charge in [-0.1, -0.05) is 12.8 Å². The molecule has 0 spiro atoms. The average Bonchev–Trinajstić information content (AvgIpc) is 2.59. The Bertz CT molecular complexity index is 331. The Morgan fingerprint density at radius 1 is 1.12 bits per heavy atom. The SMILES string of the molecule is O=C(Nc1ccncc1)N1CCCCCC1. The molecule has 1 fully saturated rings. The van der Waals surface area contributed by atoms with Crippen LogP contribution >= 0.6 is 0 Å². The highest BCUT2D eigenvalue weighted by atomic mass is 16.2. The van der Waals surface area contributed by atoms with Crippen LogP contribution in [0.5, 0.6) is 0 Å². The van der Waals surface area contributed by atoms with Gasteiger partial charge in [0, 0.05) is 31.2 Å². The van der Waals surface area contributed by atoms with Gasteiger partial charge in [0.15, 0.2) is 0 Å². The van der Waals surface area contributed by atoms with Gasteiger partial charge in [0.25, 0.3) is 0 Å². The standard InChI is InChI=1S/C12H17N3O/c16-12(14-11-5-7-13-8-6-11)15-9-3-1-2-4-10-15/h5-8H,1-4,9-10H2,(H,13,14,16). The van der Waals surface area contributed by atoms with E-state index in [0.717, 1.165) is 31.6 Å². The summed E-state index contributed by atoms with van der Waals surface area (Å²) in [5.41, 5.74) is 0.809. The molecule has 0 bridgehead atoms. The summed E-state index contributed by atoms with van der Waals surface area (Å²) in [6.45, 7) is 1.74. The first kappa shape index (κ1) is 10.9. The number of carbonyl (C=O) groups excluding carboxylic acids is 1. The Balaban J connectivity index is 1.92. The van der Waals surface area contributed by atoms with Crippen LogP contribution in [0.15, 0.2) is 24.5 Å². The molecule has 1 aliphatic rings. The first-order valence-electron chi connectivity index (χ1n) is 5.82. The molecule has 0 atom stereocenters. The second-order valence-corrected chi connectivity index (χ2v) is 4.07. The molecule has 0 radical (unpaired) electrons. The lowest BCUT2D eigenvalue weighted by atomic mass is 10.2. The van der Waals surface area contributed by atoms with Gasteiger partial charge in [-0.15, -0.1) is 0 Å². The Morgan fingerprint density at radius 2 is 1.75 bits per heavy atom. The molecule has 1 aromatic rings. The number of amides is 2. The molecule has 1 aliphatic heterocycles. The van der Waals surface area contributed by atoms with Gasteiger partial charge in [0.1, 0.15) is 0 Å². The van der Waals surface area contributed by atoms with Crippen molar-refractivity contribution in [3.8, 4) is 0 Å². The predicted molar refractivity (Wildman–Crippen MR) is 63.3 cm³/mol. The highest BCUT2D eigenvalue weighted by Gasteiger charge is 2.14. The third-order valence-corrected chi connectivity index (χ3v) is 2.82. The van der Waals surface area contributed by atoms with Gasteiger partial charge in [0.2, 0.25) is 0 Å². The van der Waals surface area contributed by atoms with E-state index in [4.69, 9.17) is 0 Å². The molecular weight excluding hydrogens is 202 g/mol. The quantitative estimate of drug-likeness (QED) is 0.788. The molecule has 0 aliphatic carbocycles. The highest BCUT2D eigenvalue weighted by molar-refractivity contribution is 5.89. The maximum absolute atomic E-state index is 11.9. The van der Waals surface area contributed by atoms with Crippen molar-refractivity contribution in [2.24, 2.45) is 0 Å². The van der Waals surface area contributed by atoms with E-state index in [1.807, 2.05) is 4.90 Å². The fourth-order valence-corrected chi connectivity index (χ4v) is 1.91. The maximum Gasteiger partial charge on any atom is 0.321 e. The fourth-order valence-electron chi connectivity index (χ4n) is 1.91. The zero-order chi connectivity index (χ0) is 11.2. The van der Waals surface area contributed by atoms with Crippen LogP contribution in [0.1, 0.15) is 25.7 Å². The van der Waals surface area contributed by atoms with E-state index in [1.54, 1.807) is 24.5 Å². The van der Waals surface area contributed by atoms with Gasteiger partial charge >= 0.3 is 6.03 Å². The highest BCUT2D eigenvalue weighted by Crippen LogP contribution is 2.11. The number of hydrogen-bond acceptors (Lipinski definition) is 2. The molecule has 1 aromatic heterocycles. The van der Waals surface area contributed by atoms with Crippen LogP contribution < -0.4 is 5.32 Å². The van der Waals surface area contributed by atoms with Crippen molar-refractivity contribution in [1.82, 2.24) is 9.88 Å². The lowest BCUT2D eigenvalue weighted by Crippen LogP contribution is -2.35. The van der Waals surface area contributed by atoms with Gasteiger partial charge in [-0.2, -0.15) is 0 Å². The molecular formula is C12H17N3O. The van der Waals surface area contributed by atoms with Crippen LogP contribution in [0.3, 0.4) is 0 Å². The van der Waals surface area contributed by atoms with E-state index in [-0.39, 0.29) is 6.03 Å². The van der Waals surface area contributed by atoms with Gasteiger partial charge in [-0.05, 0) is 25.0 Å². The molecule has 86 valence electrons. The van der Waals surface area contributed by atoms with Crippen molar-refractivity contribution in [1.29, 1.82) is 0 Å². The van der Waals surface area contributed by atoms with E-state index in [9.17, 15) is 4.79 Å². The molecule has 2 rings (SSSR count). The fraction of sp³-hybridized carbons (Fsp3) is 0.500. The zero-order valence-corrected chi connectivity index (χ0v) is 9.35. The van der Waals surface area contributed by atoms with Crippen molar-refractivity contribution < 1.29 is 4.79 Å². The minimum absolute atomic E-state index is 0.00750. The van der Waals surface area contributed by atoms with Crippen molar-refractivity contribution in [3.63, 3.8) is 0 Å².